The Kier molecular flexibility index (Phi) is 7.43. The summed E-state index contributed by atoms with van der Waals surface area (Å²) < 4.78 is 14.5. The van der Waals surface area contributed by atoms with E-state index >= 15 is 0 Å². The van der Waals surface area contributed by atoms with Crippen molar-refractivity contribution in [3.05, 3.63) is 68.0 Å². The van der Waals surface area contributed by atoms with Crippen molar-refractivity contribution in [2.24, 2.45) is 0 Å². The number of urea groups is 1. The van der Waals surface area contributed by atoms with Gasteiger partial charge >= 0.3 is 6.03 Å². The SMILES string of the molecule is Cc1nc(Br)nc(C(C)C)c1NC(=O)NC(=O)c1cc(Cl)c(-c2ccccc2F)nc1Cl. The number of anilines is 1. The number of nitrogens with one attached hydrogen (secondary N) is 2. The maximum absolute atomic E-state index is 14.1. The summed E-state index contributed by atoms with van der Waals surface area (Å²) in [6.45, 7) is 5.53. The van der Waals surface area contributed by atoms with E-state index in [2.05, 4.69) is 41.5 Å². The van der Waals surface area contributed by atoms with Crippen molar-refractivity contribution in [3.8, 4) is 11.3 Å². The number of rotatable bonds is 4. The first-order chi connectivity index (χ1) is 15.1. The molecule has 3 rings (SSSR count). The minimum atomic E-state index is -0.830. The standard InChI is InChI=1S/C21H17BrCl2FN5O2/c1-9(2)15-16(10(3)26-20(22)28-15)29-21(32)30-19(31)12-8-13(23)17(27-18(12)24)11-6-4-5-7-14(11)25/h4-9H,1-3H3,(H2,29,30,31,32). The van der Waals surface area contributed by atoms with Crippen LogP contribution in [-0.4, -0.2) is 26.9 Å². The van der Waals surface area contributed by atoms with E-state index in [-0.39, 0.29) is 32.9 Å². The zero-order valence-electron chi connectivity index (χ0n) is 17.1. The Bertz CT molecular complexity index is 1220. The van der Waals surface area contributed by atoms with Gasteiger partial charge in [-0.05, 0) is 47.0 Å². The van der Waals surface area contributed by atoms with Gasteiger partial charge in [0, 0.05) is 5.56 Å². The predicted octanol–water partition coefficient (Wildman–Crippen LogP) is 6.14. The van der Waals surface area contributed by atoms with Crippen LogP contribution in [0.1, 0.15) is 41.5 Å². The molecule has 0 saturated heterocycles. The number of pyridine rings is 1. The number of halogens is 4. The zero-order valence-corrected chi connectivity index (χ0v) is 20.2. The van der Waals surface area contributed by atoms with E-state index in [9.17, 15) is 14.0 Å². The summed E-state index contributed by atoms with van der Waals surface area (Å²) in [5, 5.41) is 4.55. The van der Waals surface area contributed by atoms with Crippen LogP contribution >= 0.6 is 39.1 Å². The first kappa shape index (κ1) is 24.0. The molecule has 2 heterocycles. The van der Waals surface area contributed by atoms with E-state index < -0.39 is 17.8 Å². The fraction of sp³-hybridized carbons (Fsp3) is 0.190. The van der Waals surface area contributed by atoms with Crippen molar-refractivity contribution in [2.75, 3.05) is 5.32 Å². The molecule has 3 amide bonds. The Morgan fingerprint density at radius 1 is 1.12 bits per heavy atom. The van der Waals surface area contributed by atoms with Gasteiger partial charge in [0.2, 0.25) is 0 Å². The molecule has 1 aromatic carbocycles. The second kappa shape index (κ2) is 9.89. The van der Waals surface area contributed by atoms with Crippen LogP contribution in [-0.2, 0) is 0 Å². The second-order valence-corrected chi connectivity index (χ2v) is 8.51. The summed E-state index contributed by atoms with van der Waals surface area (Å²) in [7, 11) is 0. The van der Waals surface area contributed by atoms with E-state index in [4.69, 9.17) is 23.2 Å². The van der Waals surface area contributed by atoms with Gasteiger partial charge in [-0.1, -0.05) is 49.2 Å². The molecular weight excluding hydrogens is 524 g/mol. The number of hydrogen-bond acceptors (Lipinski definition) is 5. The van der Waals surface area contributed by atoms with Crippen LogP contribution in [0.15, 0.2) is 35.1 Å². The van der Waals surface area contributed by atoms with Gasteiger partial charge in [0.15, 0.2) is 4.73 Å². The molecule has 7 nitrogen and oxygen atoms in total. The number of aryl methyl sites for hydroxylation is 1. The smallest absolute Gasteiger partial charge is 0.304 e. The van der Waals surface area contributed by atoms with Gasteiger partial charge in [0.25, 0.3) is 5.91 Å². The lowest BCUT2D eigenvalue weighted by Gasteiger charge is -2.15. The third-order valence-electron chi connectivity index (χ3n) is 4.41. The fourth-order valence-corrected chi connectivity index (χ4v) is 3.85. The average molecular weight is 541 g/mol. The van der Waals surface area contributed by atoms with Crippen molar-refractivity contribution < 1.29 is 14.0 Å². The number of amides is 3. The summed E-state index contributed by atoms with van der Waals surface area (Å²) in [6.07, 6.45) is 0. The molecule has 0 aliphatic rings. The molecule has 0 radical (unpaired) electrons. The zero-order chi connectivity index (χ0) is 23.6. The van der Waals surface area contributed by atoms with Crippen LogP contribution in [0.25, 0.3) is 11.3 Å². The first-order valence-corrected chi connectivity index (χ1v) is 10.9. The van der Waals surface area contributed by atoms with Crippen LogP contribution in [0.2, 0.25) is 10.2 Å². The summed E-state index contributed by atoms with van der Waals surface area (Å²) >= 11 is 15.6. The molecule has 0 aliphatic carbocycles. The van der Waals surface area contributed by atoms with Gasteiger partial charge in [0.05, 0.1) is 33.4 Å². The van der Waals surface area contributed by atoms with E-state index in [1.165, 1.54) is 24.3 Å². The highest BCUT2D eigenvalue weighted by molar-refractivity contribution is 9.10. The number of nitrogens with zero attached hydrogens (tertiary/aromatic N) is 3. The van der Waals surface area contributed by atoms with Gasteiger partial charge in [-0.3, -0.25) is 10.1 Å². The Labute approximate surface area is 201 Å². The van der Waals surface area contributed by atoms with Crippen LogP contribution in [0.5, 0.6) is 0 Å². The monoisotopic (exact) mass is 539 g/mol. The number of benzene rings is 1. The van der Waals surface area contributed by atoms with Crippen LogP contribution in [0.3, 0.4) is 0 Å². The van der Waals surface area contributed by atoms with Gasteiger partial charge in [-0.15, -0.1) is 0 Å². The van der Waals surface area contributed by atoms with E-state index in [1.54, 1.807) is 13.0 Å². The van der Waals surface area contributed by atoms with Gasteiger partial charge in [-0.25, -0.2) is 24.1 Å². The normalized spacial score (nSPS) is 10.9. The molecule has 0 spiro atoms. The summed E-state index contributed by atoms with van der Waals surface area (Å²) in [4.78, 5) is 37.6. The Hall–Kier alpha value is -2.62. The van der Waals surface area contributed by atoms with Gasteiger partial charge in [0.1, 0.15) is 11.0 Å². The number of carbonyl (C=O) groups is 2. The summed E-state index contributed by atoms with van der Waals surface area (Å²) in [5.41, 5.74) is 1.60. The summed E-state index contributed by atoms with van der Waals surface area (Å²) in [5.74, 6) is -1.38. The molecule has 166 valence electrons. The molecule has 0 aliphatic heterocycles. The molecule has 0 fully saturated rings. The Morgan fingerprint density at radius 2 is 1.81 bits per heavy atom. The number of aromatic nitrogens is 3. The molecule has 11 heteroatoms. The number of carbonyl (C=O) groups excluding carboxylic acids is 2. The molecule has 0 atom stereocenters. The third kappa shape index (κ3) is 5.23. The van der Waals surface area contributed by atoms with E-state index in [1.807, 2.05) is 13.8 Å². The van der Waals surface area contributed by atoms with Crippen molar-refractivity contribution in [1.82, 2.24) is 20.3 Å². The molecular formula is C21H17BrCl2FN5O2. The quantitative estimate of drug-likeness (QED) is 0.306. The van der Waals surface area contributed by atoms with Crippen LogP contribution < -0.4 is 10.6 Å². The predicted molar refractivity (Wildman–Crippen MR) is 125 cm³/mol. The molecule has 32 heavy (non-hydrogen) atoms. The number of hydrogen-bond donors (Lipinski definition) is 2. The van der Waals surface area contributed by atoms with Crippen molar-refractivity contribution in [2.45, 2.75) is 26.7 Å². The fourth-order valence-electron chi connectivity index (χ4n) is 2.92. The van der Waals surface area contributed by atoms with Crippen molar-refractivity contribution >= 4 is 56.8 Å². The van der Waals surface area contributed by atoms with Gasteiger partial charge in [-0.2, -0.15) is 0 Å². The minimum Gasteiger partial charge on any atom is -0.304 e. The van der Waals surface area contributed by atoms with Crippen LogP contribution in [0, 0.1) is 12.7 Å². The first-order valence-electron chi connectivity index (χ1n) is 9.35. The lowest BCUT2D eigenvalue weighted by molar-refractivity contribution is 0.0967. The largest absolute Gasteiger partial charge is 0.326 e. The van der Waals surface area contributed by atoms with Crippen molar-refractivity contribution in [1.29, 1.82) is 0 Å². The highest BCUT2D eigenvalue weighted by Gasteiger charge is 2.21. The minimum absolute atomic E-state index is 0.00399. The Morgan fingerprint density at radius 3 is 2.47 bits per heavy atom. The maximum atomic E-state index is 14.1. The summed E-state index contributed by atoms with van der Waals surface area (Å²) in [6, 6.07) is 6.31. The molecule has 2 aromatic heterocycles. The Balaban J connectivity index is 1.83. The highest BCUT2D eigenvalue weighted by Crippen LogP contribution is 2.31. The molecule has 0 saturated carbocycles. The van der Waals surface area contributed by atoms with E-state index in [0.717, 1.165) is 0 Å². The molecule has 0 bridgehead atoms. The lowest BCUT2D eigenvalue weighted by atomic mass is 10.1. The molecule has 3 aromatic rings. The third-order valence-corrected chi connectivity index (χ3v) is 5.34. The maximum Gasteiger partial charge on any atom is 0.326 e. The topological polar surface area (TPSA) is 96.9 Å². The number of imide groups is 1. The average Bonchev–Trinajstić information content (AvgIpc) is 2.71. The van der Waals surface area contributed by atoms with Gasteiger partial charge < -0.3 is 5.32 Å². The van der Waals surface area contributed by atoms with E-state index in [0.29, 0.717) is 21.8 Å². The lowest BCUT2D eigenvalue weighted by Crippen LogP contribution is -2.35. The molecule has 2 N–H and O–H groups in total. The second-order valence-electron chi connectivity index (χ2n) is 7.04. The molecule has 0 unspecified atom stereocenters. The van der Waals surface area contributed by atoms with Crippen LogP contribution in [0.4, 0.5) is 14.9 Å². The van der Waals surface area contributed by atoms with Crippen molar-refractivity contribution in [3.63, 3.8) is 0 Å². The highest BCUT2D eigenvalue weighted by atomic mass is 79.9.